The van der Waals surface area contributed by atoms with Crippen molar-refractivity contribution in [2.45, 2.75) is 44.5 Å². The molecule has 0 aliphatic carbocycles. The molecule has 0 atom stereocenters. The molecule has 3 aromatic rings. The molecule has 0 bridgehead atoms. The van der Waals surface area contributed by atoms with E-state index in [0.717, 1.165) is 23.2 Å². The molecule has 0 saturated heterocycles. The molecule has 0 saturated carbocycles. The molecule has 0 amide bonds. The monoisotopic (exact) mass is 388 g/mol. The van der Waals surface area contributed by atoms with Crippen LogP contribution in [0.3, 0.4) is 0 Å². The van der Waals surface area contributed by atoms with Gasteiger partial charge in [0, 0.05) is 6.54 Å². The quantitative estimate of drug-likeness (QED) is 0.315. The number of hydrogen-bond acceptors (Lipinski definition) is 7. The number of nitro groups is 1. The van der Waals surface area contributed by atoms with Gasteiger partial charge in [0.25, 0.3) is 0 Å². The molecule has 0 fully saturated rings. The van der Waals surface area contributed by atoms with Crippen LogP contribution in [0.15, 0.2) is 41.8 Å². The molecule has 0 aliphatic rings. The van der Waals surface area contributed by atoms with E-state index < -0.39 is 4.92 Å². The highest BCUT2D eigenvalue weighted by molar-refractivity contribution is 7.98. The molecule has 27 heavy (non-hydrogen) atoms. The number of aromatic nitrogens is 5. The minimum absolute atomic E-state index is 0.0317. The Hall–Kier alpha value is -2.88. The van der Waals surface area contributed by atoms with Crippen LogP contribution >= 0.6 is 11.8 Å². The molecule has 0 spiro atoms. The summed E-state index contributed by atoms with van der Waals surface area (Å²) < 4.78 is 9.28. The zero-order valence-corrected chi connectivity index (χ0v) is 15.9. The van der Waals surface area contributed by atoms with Gasteiger partial charge in [-0.3, -0.25) is 14.8 Å². The highest BCUT2D eigenvalue weighted by Gasteiger charge is 2.14. The van der Waals surface area contributed by atoms with Gasteiger partial charge >= 0.3 is 5.69 Å². The van der Waals surface area contributed by atoms with Gasteiger partial charge in [0.05, 0.1) is 10.8 Å². The number of hydrogen-bond donors (Lipinski definition) is 0. The molecular formula is C17H20N6O3S. The number of rotatable bonds is 9. The second-order valence-corrected chi connectivity index (χ2v) is 6.61. The minimum Gasteiger partial charge on any atom is -0.486 e. The lowest BCUT2D eigenvalue weighted by Crippen LogP contribution is -2.07. The molecular weight excluding hydrogens is 368 g/mol. The predicted octanol–water partition coefficient (Wildman–Crippen LogP) is 3.29. The highest BCUT2D eigenvalue weighted by atomic mass is 32.2. The zero-order valence-electron chi connectivity index (χ0n) is 15.1. The molecule has 0 N–H and O–H groups in total. The molecule has 0 aliphatic heterocycles. The number of thioether (sulfide) groups is 1. The summed E-state index contributed by atoms with van der Waals surface area (Å²) in [6.45, 7) is 5.13. The molecule has 0 unspecified atom stereocenters. The average Bonchev–Trinajstić information content (AvgIpc) is 3.31. The average molecular weight is 388 g/mol. The Labute approximate surface area is 160 Å². The smallest absolute Gasteiger partial charge is 0.307 e. The van der Waals surface area contributed by atoms with Gasteiger partial charge in [0.1, 0.15) is 24.8 Å². The summed E-state index contributed by atoms with van der Waals surface area (Å²) in [7, 11) is 0. The van der Waals surface area contributed by atoms with Crippen LogP contribution in [-0.2, 0) is 25.4 Å². The molecule has 2 aromatic heterocycles. The Kier molecular flexibility index (Phi) is 6.07. The molecule has 10 heteroatoms. The van der Waals surface area contributed by atoms with E-state index in [4.69, 9.17) is 4.74 Å². The summed E-state index contributed by atoms with van der Waals surface area (Å²) in [4.78, 5) is 10.3. The van der Waals surface area contributed by atoms with Crippen LogP contribution in [-0.4, -0.2) is 29.5 Å². The first-order valence-corrected chi connectivity index (χ1v) is 9.52. The van der Waals surface area contributed by atoms with E-state index in [1.54, 1.807) is 0 Å². The van der Waals surface area contributed by atoms with E-state index in [1.807, 2.05) is 35.8 Å². The predicted molar refractivity (Wildman–Crippen MR) is 101 cm³/mol. The van der Waals surface area contributed by atoms with Crippen LogP contribution in [0.25, 0.3) is 0 Å². The molecule has 142 valence electrons. The summed E-state index contributed by atoms with van der Waals surface area (Å²) in [5.41, 5.74) is 1.23. The standard InChI is InChI=1S/C17H20N6O3S/c1-3-13-5-7-15(8-6-13)26-11-16-19-20-17(22(16)4-2)27-12-21-10-14(9-18-21)23(24)25/h5-10H,3-4,11-12H2,1-2H3. The van der Waals surface area contributed by atoms with Crippen molar-refractivity contribution in [3.05, 3.63) is 58.2 Å². The molecule has 0 radical (unpaired) electrons. The Balaban J connectivity index is 1.62. The summed E-state index contributed by atoms with van der Waals surface area (Å²) in [6.07, 6.45) is 3.61. The maximum atomic E-state index is 10.7. The fourth-order valence-corrected chi connectivity index (χ4v) is 3.34. The zero-order chi connectivity index (χ0) is 19.2. The number of ether oxygens (including phenoxy) is 1. The summed E-state index contributed by atoms with van der Waals surface area (Å²) in [6, 6.07) is 7.99. The van der Waals surface area contributed by atoms with Crippen molar-refractivity contribution < 1.29 is 9.66 Å². The van der Waals surface area contributed by atoms with E-state index in [9.17, 15) is 10.1 Å². The van der Waals surface area contributed by atoms with Gasteiger partial charge in [0.15, 0.2) is 11.0 Å². The first kappa shape index (κ1) is 18.9. The van der Waals surface area contributed by atoms with Gasteiger partial charge in [-0.15, -0.1) is 10.2 Å². The van der Waals surface area contributed by atoms with Gasteiger partial charge in [-0.2, -0.15) is 5.10 Å². The fourth-order valence-electron chi connectivity index (χ4n) is 2.46. The van der Waals surface area contributed by atoms with Gasteiger partial charge in [-0.25, -0.2) is 0 Å². The Morgan fingerprint density at radius 1 is 1.22 bits per heavy atom. The lowest BCUT2D eigenvalue weighted by Gasteiger charge is -2.09. The van der Waals surface area contributed by atoms with Crippen molar-refractivity contribution >= 4 is 17.4 Å². The normalized spacial score (nSPS) is 10.9. The second kappa shape index (κ2) is 8.67. The first-order chi connectivity index (χ1) is 13.1. The number of aryl methyl sites for hydroxylation is 1. The maximum absolute atomic E-state index is 10.7. The second-order valence-electron chi connectivity index (χ2n) is 5.70. The van der Waals surface area contributed by atoms with Gasteiger partial charge in [-0.05, 0) is 31.0 Å². The van der Waals surface area contributed by atoms with Crippen LogP contribution in [0.5, 0.6) is 5.75 Å². The van der Waals surface area contributed by atoms with Crippen LogP contribution in [0.2, 0.25) is 0 Å². The Bertz CT molecular complexity index is 906. The van der Waals surface area contributed by atoms with Gasteiger partial charge in [0.2, 0.25) is 0 Å². The third kappa shape index (κ3) is 4.64. The molecule has 3 rings (SSSR count). The highest BCUT2D eigenvalue weighted by Crippen LogP contribution is 2.21. The van der Waals surface area contributed by atoms with E-state index in [0.29, 0.717) is 19.0 Å². The summed E-state index contributed by atoms with van der Waals surface area (Å²) >= 11 is 1.41. The fraction of sp³-hybridized carbons (Fsp3) is 0.353. The molecule has 9 nitrogen and oxygen atoms in total. The van der Waals surface area contributed by atoms with Crippen molar-refractivity contribution in [1.29, 1.82) is 0 Å². The van der Waals surface area contributed by atoms with Crippen molar-refractivity contribution in [3.8, 4) is 5.75 Å². The van der Waals surface area contributed by atoms with Gasteiger partial charge < -0.3 is 9.30 Å². The van der Waals surface area contributed by atoms with E-state index in [-0.39, 0.29) is 5.69 Å². The van der Waals surface area contributed by atoms with Crippen LogP contribution in [0, 0.1) is 10.1 Å². The minimum atomic E-state index is -0.467. The third-order valence-electron chi connectivity index (χ3n) is 3.97. The topological polar surface area (TPSA) is 101 Å². The number of benzene rings is 1. The first-order valence-electron chi connectivity index (χ1n) is 8.54. The van der Waals surface area contributed by atoms with E-state index in [1.165, 1.54) is 34.4 Å². The van der Waals surface area contributed by atoms with Crippen LogP contribution in [0.4, 0.5) is 5.69 Å². The Morgan fingerprint density at radius 2 is 2.00 bits per heavy atom. The largest absolute Gasteiger partial charge is 0.486 e. The SMILES string of the molecule is CCc1ccc(OCc2nnc(SCn3cc([N+](=O)[O-])cn3)n2CC)cc1. The summed E-state index contributed by atoms with van der Waals surface area (Å²) in [5.74, 6) is 1.92. The maximum Gasteiger partial charge on any atom is 0.307 e. The van der Waals surface area contributed by atoms with E-state index >= 15 is 0 Å². The number of nitrogens with zero attached hydrogens (tertiary/aromatic N) is 6. The van der Waals surface area contributed by atoms with Crippen LogP contribution < -0.4 is 4.74 Å². The third-order valence-corrected chi connectivity index (χ3v) is 4.92. The van der Waals surface area contributed by atoms with Crippen molar-refractivity contribution in [3.63, 3.8) is 0 Å². The lowest BCUT2D eigenvalue weighted by atomic mass is 10.2. The summed E-state index contributed by atoms with van der Waals surface area (Å²) in [5, 5.41) is 23.8. The molecule has 1 aromatic carbocycles. The van der Waals surface area contributed by atoms with Crippen molar-refractivity contribution in [2.24, 2.45) is 0 Å². The Morgan fingerprint density at radius 3 is 2.63 bits per heavy atom. The van der Waals surface area contributed by atoms with Gasteiger partial charge in [-0.1, -0.05) is 30.8 Å². The van der Waals surface area contributed by atoms with Crippen LogP contribution in [0.1, 0.15) is 25.2 Å². The molecule has 2 heterocycles. The van der Waals surface area contributed by atoms with Crippen molar-refractivity contribution in [2.75, 3.05) is 0 Å². The van der Waals surface area contributed by atoms with Crippen molar-refractivity contribution in [1.82, 2.24) is 24.5 Å². The van der Waals surface area contributed by atoms with E-state index in [2.05, 4.69) is 22.2 Å². The lowest BCUT2D eigenvalue weighted by molar-refractivity contribution is -0.385.